The van der Waals surface area contributed by atoms with Gasteiger partial charge >= 0.3 is 12.1 Å². The van der Waals surface area contributed by atoms with E-state index in [0.717, 1.165) is 29.2 Å². The Hall–Kier alpha value is -3.39. The van der Waals surface area contributed by atoms with Crippen molar-refractivity contribution in [2.24, 2.45) is 0 Å². The van der Waals surface area contributed by atoms with Crippen LogP contribution in [-0.2, 0) is 14.3 Å². The molecular weight excluding hydrogens is 424 g/mol. The molecule has 176 valence electrons. The van der Waals surface area contributed by atoms with Crippen LogP contribution in [0, 0.1) is 0 Å². The lowest BCUT2D eigenvalue weighted by Crippen LogP contribution is -2.46. The monoisotopic (exact) mass is 454 g/mol. The highest BCUT2D eigenvalue weighted by atomic mass is 16.5. The number of amides is 2. The topological polar surface area (TPSA) is 125 Å². The van der Waals surface area contributed by atoms with E-state index in [4.69, 9.17) is 9.84 Å². The fraction of sp³-hybridized carbons (Fsp3) is 0.400. The van der Waals surface area contributed by atoms with E-state index in [1.165, 1.54) is 0 Å². The number of nitrogens with one attached hydrogen (secondary N) is 2. The van der Waals surface area contributed by atoms with Gasteiger partial charge in [-0.05, 0) is 42.0 Å². The predicted molar refractivity (Wildman–Crippen MR) is 123 cm³/mol. The zero-order valence-corrected chi connectivity index (χ0v) is 18.8. The molecule has 2 amide bonds. The first-order valence-corrected chi connectivity index (χ1v) is 11.1. The SMILES string of the molecule is CCC(CCC(=O)NCC(C)(O)C(=O)O)NC(=O)OCC1c2ccccc2-c2ccccc21. The average Bonchev–Trinajstić information content (AvgIpc) is 3.12. The Bertz CT molecular complexity index is 974. The van der Waals surface area contributed by atoms with Crippen molar-refractivity contribution < 1.29 is 29.3 Å². The fourth-order valence-corrected chi connectivity index (χ4v) is 3.93. The maximum absolute atomic E-state index is 12.4. The molecule has 2 unspecified atom stereocenters. The molecule has 0 aliphatic heterocycles. The summed E-state index contributed by atoms with van der Waals surface area (Å²) in [5.41, 5.74) is 2.54. The van der Waals surface area contributed by atoms with E-state index >= 15 is 0 Å². The van der Waals surface area contributed by atoms with Gasteiger partial charge in [0.1, 0.15) is 6.61 Å². The number of aliphatic hydroxyl groups is 1. The third kappa shape index (κ3) is 5.90. The second-order valence-electron chi connectivity index (χ2n) is 8.47. The highest BCUT2D eigenvalue weighted by Crippen LogP contribution is 2.44. The second kappa shape index (κ2) is 10.5. The van der Waals surface area contributed by atoms with Gasteiger partial charge in [0.15, 0.2) is 5.60 Å². The summed E-state index contributed by atoms with van der Waals surface area (Å²) in [6.07, 6.45) is 0.502. The summed E-state index contributed by atoms with van der Waals surface area (Å²) in [6.45, 7) is 2.82. The lowest BCUT2D eigenvalue weighted by molar-refractivity contribution is -0.156. The van der Waals surface area contributed by atoms with Crippen LogP contribution < -0.4 is 10.6 Å². The molecule has 0 radical (unpaired) electrons. The summed E-state index contributed by atoms with van der Waals surface area (Å²) >= 11 is 0. The molecule has 0 spiro atoms. The molecule has 0 saturated heterocycles. The standard InChI is InChI=1S/C25H30N2O6/c1-3-16(12-13-22(28)26-15-25(2,32)23(29)30)27-24(31)33-14-21-19-10-6-4-8-17(19)18-9-5-7-11-20(18)21/h4-11,16,21,32H,3,12-15H2,1-2H3,(H,26,28)(H,27,31)(H,29,30). The number of fused-ring (bicyclic) bond motifs is 3. The van der Waals surface area contributed by atoms with Crippen LogP contribution in [0.4, 0.5) is 4.79 Å². The van der Waals surface area contributed by atoms with Crippen molar-refractivity contribution in [2.75, 3.05) is 13.2 Å². The smallest absolute Gasteiger partial charge is 0.407 e. The van der Waals surface area contributed by atoms with Crippen molar-refractivity contribution in [3.63, 3.8) is 0 Å². The third-order valence-electron chi connectivity index (χ3n) is 5.97. The number of hydrogen-bond acceptors (Lipinski definition) is 5. The number of rotatable bonds is 10. The zero-order valence-electron chi connectivity index (χ0n) is 18.8. The van der Waals surface area contributed by atoms with E-state index in [9.17, 15) is 19.5 Å². The van der Waals surface area contributed by atoms with Gasteiger partial charge in [-0.2, -0.15) is 0 Å². The second-order valence-corrected chi connectivity index (χ2v) is 8.47. The molecule has 2 aromatic rings. The minimum Gasteiger partial charge on any atom is -0.479 e. The lowest BCUT2D eigenvalue weighted by atomic mass is 9.98. The Labute approximate surface area is 193 Å². The van der Waals surface area contributed by atoms with Crippen LogP contribution >= 0.6 is 0 Å². The van der Waals surface area contributed by atoms with Crippen molar-refractivity contribution in [3.05, 3.63) is 59.7 Å². The Morgan fingerprint density at radius 3 is 2.18 bits per heavy atom. The Kier molecular flexibility index (Phi) is 7.71. The molecule has 0 fully saturated rings. The average molecular weight is 455 g/mol. The summed E-state index contributed by atoms with van der Waals surface area (Å²) < 4.78 is 5.55. The molecule has 0 bridgehead atoms. The van der Waals surface area contributed by atoms with Gasteiger partial charge < -0.3 is 25.6 Å². The molecule has 4 N–H and O–H groups in total. The van der Waals surface area contributed by atoms with Crippen molar-refractivity contribution in [1.82, 2.24) is 10.6 Å². The number of benzene rings is 2. The summed E-state index contributed by atoms with van der Waals surface area (Å²) in [5, 5.41) is 23.8. The van der Waals surface area contributed by atoms with Crippen molar-refractivity contribution in [2.45, 2.75) is 50.7 Å². The molecule has 1 aliphatic carbocycles. The Balaban J connectivity index is 1.49. The van der Waals surface area contributed by atoms with Crippen LogP contribution in [0.2, 0.25) is 0 Å². The fourth-order valence-electron chi connectivity index (χ4n) is 3.93. The first kappa shape index (κ1) is 24.3. The van der Waals surface area contributed by atoms with Crippen LogP contribution in [0.25, 0.3) is 11.1 Å². The quantitative estimate of drug-likeness (QED) is 0.437. The Morgan fingerprint density at radius 1 is 1.06 bits per heavy atom. The number of ether oxygens (including phenoxy) is 1. The molecule has 0 saturated carbocycles. The van der Waals surface area contributed by atoms with Crippen molar-refractivity contribution in [3.8, 4) is 11.1 Å². The molecule has 2 atom stereocenters. The lowest BCUT2D eigenvalue weighted by Gasteiger charge is -2.20. The van der Waals surface area contributed by atoms with E-state index in [-0.39, 0.29) is 25.0 Å². The number of carboxylic acid groups (broad SMARTS) is 1. The number of carbonyl (C=O) groups is 3. The molecule has 0 heterocycles. The van der Waals surface area contributed by atoms with Crippen molar-refractivity contribution in [1.29, 1.82) is 0 Å². The third-order valence-corrected chi connectivity index (χ3v) is 5.97. The molecule has 2 aromatic carbocycles. The maximum atomic E-state index is 12.4. The molecule has 8 heteroatoms. The van der Waals surface area contributed by atoms with Crippen molar-refractivity contribution >= 4 is 18.0 Å². The highest BCUT2D eigenvalue weighted by molar-refractivity contribution is 5.80. The van der Waals surface area contributed by atoms with Gasteiger partial charge in [0, 0.05) is 18.4 Å². The molecule has 3 rings (SSSR count). The Morgan fingerprint density at radius 2 is 1.64 bits per heavy atom. The minimum absolute atomic E-state index is 0.0315. The number of alkyl carbamates (subject to hydrolysis) is 1. The van der Waals surface area contributed by atoms with Crippen LogP contribution in [0.3, 0.4) is 0 Å². The molecule has 8 nitrogen and oxygen atoms in total. The van der Waals surface area contributed by atoms with Gasteiger partial charge in [-0.1, -0.05) is 55.5 Å². The first-order valence-electron chi connectivity index (χ1n) is 11.1. The largest absolute Gasteiger partial charge is 0.479 e. The maximum Gasteiger partial charge on any atom is 0.407 e. The molecule has 0 aromatic heterocycles. The summed E-state index contributed by atoms with van der Waals surface area (Å²) in [4.78, 5) is 35.3. The molecular formula is C25H30N2O6. The highest BCUT2D eigenvalue weighted by Gasteiger charge is 2.31. The van der Waals surface area contributed by atoms with Gasteiger partial charge in [0.25, 0.3) is 0 Å². The van der Waals surface area contributed by atoms with Gasteiger partial charge in [0.2, 0.25) is 5.91 Å². The van der Waals surface area contributed by atoms with Crippen LogP contribution in [0.1, 0.15) is 50.2 Å². The number of aliphatic carboxylic acids is 1. The predicted octanol–water partition coefficient (Wildman–Crippen LogP) is 3.04. The van der Waals surface area contributed by atoms with Gasteiger partial charge in [-0.3, -0.25) is 4.79 Å². The summed E-state index contributed by atoms with van der Waals surface area (Å²) in [7, 11) is 0. The number of carbonyl (C=O) groups excluding carboxylic acids is 2. The van der Waals surface area contributed by atoms with Gasteiger partial charge in [0.05, 0.1) is 6.54 Å². The first-order chi connectivity index (χ1) is 15.7. The van der Waals surface area contributed by atoms with Crippen LogP contribution in [0.15, 0.2) is 48.5 Å². The molecule has 33 heavy (non-hydrogen) atoms. The van der Waals surface area contributed by atoms with Crippen LogP contribution in [0.5, 0.6) is 0 Å². The number of carboxylic acids is 1. The van der Waals surface area contributed by atoms with E-state index in [2.05, 4.69) is 34.9 Å². The normalized spacial score (nSPS) is 15.0. The van der Waals surface area contributed by atoms with E-state index < -0.39 is 30.1 Å². The van der Waals surface area contributed by atoms with Gasteiger partial charge in [-0.25, -0.2) is 9.59 Å². The molecule has 1 aliphatic rings. The van der Waals surface area contributed by atoms with Crippen LogP contribution in [-0.4, -0.2) is 53.0 Å². The van der Waals surface area contributed by atoms with Gasteiger partial charge in [-0.15, -0.1) is 0 Å². The van der Waals surface area contributed by atoms with E-state index in [1.54, 1.807) is 0 Å². The zero-order chi connectivity index (χ0) is 24.0. The minimum atomic E-state index is -2.03. The summed E-state index contributed by atoms with van der Waals surface area (Å²) in [6, 6.07) is 15.9. The van der Waals surface area contributed by atoms with E-state index in [0.29, 0.717) is 12.8 Å². The summed E-state index contributed by atoms with van der Waals surface area (Å²) in [5.74, 6) is -1.84. The van der Waals surface area contributed by atoms with E-state index in [1.807, 2.05) is 31.2 Å². The number of hydrogen-bond donors (Lipinski definition) is 4.